The van der Waals surface area contributed by atoms with E-state index in [9.17, 15) is 18.3 Å². The fraction of sp³-hybridized carbons (Fsp3) is 0.545. The minimum absolute atomic E-state index is 0.0944. The van der Waals surface area contributed by atoms with Crippen LogP contribution in [0.3, 0.4) is 0 Å². The molecule has 1 heterocycles. The van der Waals surface area contributed by atoms with Crippen LogP contribution in [0.15, 0.2) is 18.5 Å². The predicted octanol–water partition coefficient (Wildman–Crippen LogP) is 1.45. The van der Waals surface area contributed by atoms with Gasteiger partial charge in [0.2, 0.25) is 0 Å². The van der Waals surface area contributed by atoms with Gasteiger partial charge in [-0.05, 0) is 24.5 Å². The molecule has 2 rings (SSSR count). The number of nitrogens with two attached hydrogens (primary N) is 1. The number of nitrogens with zero attached hydrogens (tertiary/aromatic N) is 1. The van der Waals surface area contributed by atoms with Gasteiger partial charge < -0.3 is 10.8 Å². The first-order chi connectivity index (χ1) is 7.89. The standard InChI is InChI=1S/C11H13F3N2O/c12-11(13,14)9-5-16-2-1-8(9)10(6-15)3-7(17)4-10/h1-2,5,7,17H,3-4,6,15H2. The largest absolute Gasteiger partial charge is 0.418 e. The Labute approximate surface area is 96.5 Å². The molecule has 0 atom stereocenters. The summed E-state index contributed by atoms with van der Waals surface area (Å²) in [6, 6.07) is 1.35. The van der Waals surface area contributed by atoms with Gasteiger partial charge in [-0.3, -0.25) is 4.98 Å². The first-order valence-electron chi connectivity index (χ1n) is 5.29. The number of pyridine rings is 1. The lowest BCUT2D eigenvalue weighted by Gasteiger charge is -2.46. The molecule has 1 saturated carbocycles. The molecule has 94 valence electrons. The fourth-order valence-corrected chi connectivity index (χ4v) is 2.42. The summed E-state index contributed by atoms with van der Waals surface area (Å²) < 4.78 is 38.5. The zero-order chi connectivity index (χ0) is 12.7. The highest BCUT2D eigenvalue weighted by molar-refractivity contribution is 5.37. The van der Waals surface area contributed by atoms with Gasteiger partial charge in [0.15, 0.2) is 0 Å². The van der Waals surface area contributed by atoms with Gasteiger partial charge in [0, 0.05) is 24.4 Å². The molecule has 0 spiro atoms. The zero-order valence-corrected chi connectivity index (χ0v) is 9.04. The molecule has 1 aliphatic rings. The van der Waals surface area contributed by atoms with Crippen LogP contribution in [0.4, 0.5) is 13.2 Å². The van der Waals surface area contributed by atoms with E-state index in [1.165, 1.54) is 12.3 Å². The Morgan fingerprint density at radius 2 is 2.12 bits per heavy atom. The summed E-state index contributed by atoms with van der Waals surface area (Å²) in [5.41, 5.74) is 4.21. The summed E-state index contributed by atoms with van der Waals surface area (Å²) in [5, 5.41) is 9.32. The van der Waals surface area contributed by atoms with Crippen LogP contribution < -0.4 is 5.73 Å². The molecule has 6 heteroatoms. The van der Waals surface area contributed by atoms with Crippen molar-refractivity contribution in [1.82, 2.24) is 4.98 Å². The van der Waals surface area contributed by atoms with Gasteiger partial charge in [-0.2, -0.15) is 13.2 Å². The summed E-state index contributed by atoms with van der Waals surface area (Å²) in [4.78, 5) is 3.51. The number of halogens is 3. The van der Waals surface area contributed by atoms with Crippen LogP contribution in [0.5, 0.6) is 0 Å². The van der Waals surface area contributed by atoms with E-state index >= 15 is 0 Å². The Morgan fingerprint density at radius 1 is 1.47 bits per heavy atom. The van der Waals surface area contributed by atoms with Gasteiger partial charge in [0.1, 0.15) is 0 Å². The Kier molecular flexibility index (Phi) is 2.87. The van der Waals surface area contributed by atoms with Crippen molar-refractivity contribution in [2.75, 3.05) is 6.54 Å². The fourth-order valence-electron chi connectivity index (χ4n) is 2.42. The van der Waals surface area contributed by atoms with Gasteiger partial charge in [0.25, 0.3) is 0 Å². The summed E-state index contributed by atoms with van der Waals surface area (Å²) in [7, 11) is 0. The number of hydrogen-bond donors (Lipinski definition) is 2. The van der Waals surface area contributed by atoms with Gasteiger partial charge >= 0.3 is 6.18 Å². The molecule has 3 N–H and O–H groups in total. The lowest BCUT2D eigenvalue weighted by molar-refractivity contribution is -0.140. The molecule has 0 unspecified atom stereocenters. The lowest BCUT2D eigenvalue weighted by Crippen LogP contribution is -2.50. The van der Waals surface area contributed by atoms with Crippen molar-refractivity contribution in [3.05, 3.63) is 29.6 Å². The average Bonchev–Trinajstić information content (AvgIpc) is 2.23. The highest BCUT2D eigenvalue weighted by atomic mass is 19.4. The van der Waals surface area contributed by atoms with Crippen LogP contribution >= 0.6 is 0 Å². The molecule has 0 aromatic carbocycles. The Hall–Kier alpha value is -1.14. The van der Waals surface area contributed by atoms with E-state index in [0.29, 0.717) is 0 Å². The maximum atomic E-state index is 12.8. The van der Waals surface area contributed by atoms with E-state index in [1.807, 2.05) is 0 Å². The molecular formula is C11H13F3N2O. The number of hydrogen-bond acceptors (Lipinski definition) is 3. The minimum Gasteiger partial charge on any atom is -0.393 e. The maximum Gasteiger partial charge on any atom is 0.418 e. The molecule has 1 fully saturated rings. The van der Waals surface area contributed by atoms with E-state index in [1.54, 1.807) is 0 Å². The second-order valence-electron chi connectivity index (χ2n) is 4.47. The van der Waals surface area contributed by atoms with Crippen molar-refractivity contribution in [2.45, 2.75) is 30.5 Å². The third-order valence-corrected chi connectivity index (χ3v) is 3.34. The van der Waals surface area contributed by atoms with Crippen LogP contribution in [-0.4, -0.2) is 22.7 Å². The summed E-state index contributed by atoms with van der Waals surface area (Å²) in [6.07, 6.45) is -2.31. The number of aliphatic hydroxyl groups excluding tert-OH is 1. The van der Waals surface area contributed by atoms with Crippen LogP contribution in [-0.2, 0) is 11.6 Å². The normalized spacial score (nSPS) is 28.9. The van der Waals surface area contributed by atoms with Gasteiger partial charge in [-0.1, -0.05) is 0 Å². The monoisotopic (exact) mass is 246 g/mol. The van der Waals surface area contributed by atoms with E-state index in [2.05, 4.69) is 4.98 Å². The second kappa shape index (κ2) is 3.96. The van der Waals surface area contributed by atoms with Crippen LogP contribution in [0.2, 0.25) is 0 Å². The highest BCUT2D eigenvalue weighted by Crippen LogP contribution is 2.47. The van der Waals surface area contributed by atoms with Crippen LogP contribution in [0.1, 0.15) is 24.0 Å². The van der Waals surface area contributed by atoms with Gasteiger partial charge in [-0.25, -0.2) is 0 Å². The third kappa shape index (κ3) is 2.02. The number of aromatic nitrogens is 1. The summed E-state index contributed by atoms with van der Waals surface area (Å²) >= 11 is 0. The third-order valence-electron chi connectivity index (χ3n) is 3.34. The SMILES string of the molecule is NCC1(c2ccncc2C(F)(F)F)CC(O)C1. The number of alkyl halides is 3. The highest BCUT2D eigenvalue weighted by Gasteiger charge is 2.48. The Balaban J connectivity index is 2.45. The average molecular weight is 246 g/mol. The molecule has 0 saturated heterocycles. The van der Waals surface area contributed by atoms with Crippen molar-refractivity contribution < 1.29 is 18.3 Å². The van der Waals surface area contributed by atoms with Crippen LogP contribution in [0.25, 0.3) is 0 Å². The summed E-state index contributed by atoms with van der Waals surface area (Å²) in [5.74, 6) is 0. The molecule has 1 aromatic rings. The molecule has 1 aromatic heterocycles. The Morgan fingerprint density at radius 3 is 2.59 bits per heavy atom. The van der Waals surface area contributed by atoms with Crippen molar-refractivity contribution in [2.24, 2.45) is 5.73 Å². The predicted molar refractivity (Wildman–Crippen MR) is 55.2 cm³/mol. The van der Waals surface area contributed by atoms with Crippen molar-refractivity contribution in [3.63, 3.8) is 0 Å². The summed E-state index contributed by atoms with van der Waals surface area (Å²) in [6.45, 7) is 0.0944. The number of rotatable bonds is 2. The first kappa shape index (κ1) is 12.3. The smallest absolute Gasteiger partial charge is 0.393 e. The zero-order valence-electron chi connectivity index (χ0n) is 9.04. The van der Waals surface area contributed by atoms with E-state index < -0.39 is 23.3 Å². The van der Waals surface area contributed by atoms with Crippen molar-refractivity contribution >= 4 is 0 Å². The van der Waals surface area contributed by atoms with Crippen LogP contribution in [0, 0.1) is 0 Å². The molecule has 0 aliphatic heterocycles. The number of aliphatic hydroxyl groups is 1. The molecule has 0 amide bonds. The molecule has 0 bridgehead atoms. The minimum atomic E-state index is -4.44. The van der Waals surface area contributed by atoms with Gasteiger partial charge in [-0.15, -0.1) is 0 Å². The van der Waals surface area contributed by atoms with Crippen molar-refractivity contribution in [3.8, 4) is 0 Å². The lowest BCUT2D eigenvalue weighted by atomic mass is 9.62. The van der Waals surface area contributed by atoms with E-state index in [4.69, 9.17) is 5.73 Å². The molecule has 1 aliphatic carbocycles. The molecular weight excluding hydrogens is 233 g/mol. The quantitative estimate of drug-likeness (QED) is 0.830. The van der Waals surface area contributed by atoms with Crippen molar-refractivity contribution in [1.29, 1.82) is 0 Å². The molecule has 0 radical (unpaired) electrons. The van der Waals surface area contributed by atoms with E-state index in [-0.39, 0.29) is 24.9 Å². The first-order valence-corrected chi connectivity index (χ1v) is 5.29. The van der Waals surface area contributed by atoms with Gasteiger partial charge in [0.05, 0.1) is 11.7 Å². The second-order valence-corrected chi connectivity index (χ2v) is 4.47. The maximum absolute atomic E-state index is 12.8. The molecule has 17 heavy (non-hydrogen) atoms. The van der Waals surface area contributed by atoms with E-state index in [0.717, 1.165) is 6.20 Å². The Bertz CT molecular complexity index is 413. The topological polar surface area (TPSA) is 59.1 Å². The molecule has 3 nitrogen and oxygen atoms in total.